The molecule has 0 saturated heterocycles. The molecule has 220 valence electrons. The number of benzene rings is 1. The van der Waals surface area contributed by atoms with Gasteiger partial charge in [0.05, 0.1) is 11.6 Å². The maximum absolute atomic E-state index is 12.2. The minimum Gasteiger partial charge on any atom is -0.492 e. The maximum Gasteiger partial charge on any atom is 0.257 e. The first-order valence-corrected chi connectivity index (χ1v) is 15.9. The molecule has 1 aliphatic heterocycles. The van der Waals surface area contributed by atoms with Gasteiger partial charge in [-0.15, -0.1) is 0 Å². The Hall–Kier alpha value is -2.14. The zero-order valence-corrected chi connectivity index (χ0v) is 25.4. The van der Waals surface area contributed by atoms with Crippen molar-refractivity contribution in [2.45, 2.75) is 110 Å². The van der Waals surface area contributed by atoms with Gasteiger partial charge in [-0.05, 0) is 49.7 Å². The molecular formula is C33H53ClN2O3. The summed E-state index contributed by atoms with van der Waals surface area (Å²) in [6, 6.07) is 5.34. The van der Waals surface area contributed by atoms with E-state index in [2.05, 4.69) is 42.4 Å². The zero-order valence-electron chi connectivity index (χ0n) is 24.7. The van der Waals surface area contributed by atoms with E-state index in [4.69, 9.17) is 21.1 Å². The summed E-state index contributed by atoms with van der Waals surface area (Å²) < 4.78 is 11.5. The van der Waals surface area contributed by atoms with Crippen LogP contribution in [0.5, 0.6) is 11.5 Å². The molecule has 0 radical (unpaired) electrons. The molecule has 5 nitrogen and oxygen atoms in total. The van der Waals surface area contributed by atoms with Gasteiger partial charge in [-0.25, -0.2) is 0 Å². The molecule has 39 heavy (non-hydrogen) atoms. The van der Waals surface area contributed by atoms with Crippen molar-refractivity contribution in [1.82, 2.24) is 10.2 Å². The van der Waals surface area contributed by atoms with Crippen molar-refractivity contribution >= 4 is 17.5 Å². The van der Waals surface area contributed by atoms with Gasteiger partial charge in [0.15, 0.2) is 6.61 Å². The number of carbonyl (C=O) groups is 1. The Balaban J connectivity index is 1.46. The fraction of sp³-hybridized carbons (Fsp3) is 0.667. The normalized spacial score (nSPS) is 12.9. The summed E-state index contributed by atoms with van der Waals surface area (Å²) in [7, 11) is 0. The number of nitrogens with one attached hydrogen (secondary N) is 1. The molecule has 0 spiro atoms. The Bertz CT molecular complexity index is 855. The molecule has 0 aliphatic carbocycles. The molecule has 1 aromatic rings. The van der Waals surface area contributed by atoms with E-state index in [1.807, 2.05) is 6.07 Å². The number of carbonyl (C=O) groups excluding carboxylic acids is 1. The molecule has 0 bridgehead atoms. The number of rotatable bonds is 23. The lowest BCUT2D eigenvalue weighted by Gasteiger charge is -2.23. The Morgan fingerprint density at radius 2 is 1.54 bits per heavy atom. The lowest BCUT2D eigenvalue weighted by atomic mass is 10.0. The van der Waals surface area contributed by atoms with Gasteiger partial charge in [0.25, 0.3) is 5.91 Å². The van der Waals surface area contributed by atoms with Crippen molar-refractivity contribution in [2.75, 3.05) is 32.8 Å². The topological polar surface area (TPSA) is 50.8 Å². The van der Waals surface area contributed by atoms with E-state index in [0.717, 1.165) is 25.9 Å². The number of unbranched alkanes of at least 4 members (excludes halogenated alkanes) is 13. The fourth-order valence-corrected chi connectivity index (χ4v) is 5.00. The highest BCUT2D eigenvalue weighted by Gasteiger charge is 2.09. The average Bonchev–Trinajstić information content (AvgIpc) is 2.95. The van der Waals surface area contributed by atoms with Crippen LogP contribution in [-0.2, 0) is 4.79 Å². The first-order valence-electron chi connectivity index (χ1n) is 15.5. The summed E-state index contributed by atoms with van der Waals surface area (Å²) in [5, 5.41) is 3.44. The van der Waals surface area contributed by atoms with E-state index in [9.17, 15) is 4.79 Å². The van der Waals surface area contributed by atoms with Gasteiger partial charge in [-0.1, -0.05) is 108 Å². The monoisotopic (exact) mass is 560 g/mol. The van der Waals surface area contributed by atoms with Crippen LogP contribution in [0.25, 0.3) is 0 Å². The van der Waals surface area contributed by atoms with Crippen molar-refractivity contribution in [1.29, 1.82) is 0 Å². The molecular weight excluding hydrogens is 508 g/mol. The molecule has 2 rings (SSSR count). The molecule has 6 heteroatoms. The molecule has 1 aliphatic rings. The Kier molecular flexibility index (Phi) is 18.4. The molecule has 0 unspecified atom stereocenters. The highest BCUT2D eigenvalue weighted by Crippen LogP contribution is 2.29. The van der Waals surface area contributed by atoms with Gasteiger partial charge in [0.2, 0.25) is 0 Å². The van der Waals surface area contributed by atoms with Gasteiger partial charge < -0.3 is 19.7 Å². The first kappa shape index (κ1) is 33.1. The van der Waals surface area contributed by atoms with Crippen LogP contribution >= 0.6 is 11.6 Å². The average molecular weight is 561 g/mol. The number of amides is 1. The minimum absolute atomic E-state index is 0.0321. The summed E-state index contributed by atoms with van der Waals surface area (Å²) >= 11 is 6.38. The van der Waals surface area contributed by atoms with E-state index < -0.39 is 0 Å². The Morgan fingerprint density at radius 3 is 2.15 bits per heavy atom. The predicted octanol–water partition coefficient (Wildman–Crippen LogP) is 8.86. The van der Waals surface area contributed by atoms with Crippen LogP contribution in [0, 0.1) is 0 Å². The second-order valence-electron chi connectivity index (χ2n) is 10.7. The van der Waals surface area contributed by atoms with E-state index in [1.54, 1.807) is 12.1 Å². The quantitative estimate of drug-likeness (QED) is 0.136. The number of likely N-dealkylation sites (N-methyl/N-ethyl adjacent to an activating group) is 1. The second kappa shape index (κ2) is 21.7. The third-order valence-corrected chi connectivity index (χ3v) is 7.53. The van der Waals surface area contributed by atoms with E-state index in [0.29, 0.717) is 29.7 Å². The molecule has 1 aromatic carbocycles. The van der Waals surface area contributed by atoms with Crippen LogP contribution in [0.4, 0.5) is 0 Å². The second-order valence-corrected chi connectivity index (χ2v) is 11.1. The van der Waals surface area contributed by atoms with Crippen molar-refractivity contribution in [3.05, 3.63) is 47.1 Å². The summed E-state index contributed by atoms with van der Waals surface area (Å²) in [4.78, 5) is 14.4. The fourth-order valence-electron chi connectivity index (χ4n) is 4.78. The Labute approximate surface area is 243 Å². The van der Waals surface area contributed by atoms with E-state index in [1.165, 1.54) is 89.0 Å². The van der Waals surface area contributed by atoms with Crippen molar-refractivity contribution in [3.63, 3.8) is 0 Å². The lowest BCUT2D eigenvalue weighted by molar-refractivity contribution is -0.123. The largest absolute Gasteiger partial charge is 0.492 e. The highest BCUT2D eigenvalue weighted by atomic mass is 35.5. The first-order chi connectivity index (χ1) is 19.1. The summed E-state index contributed by atoms with van der Waals surface area (Å²) in [6.45, 7) is 7.56. The van der Waals surface area contributed by atoms with E-state index in [-0.39, 0.29) is 12.5 Å². The third kappa shape index (κ3) is 15.9. The number of allylic oxidation sites excluding steroid dienone is 2. The Morgan fingerprint density at radius 1 is 0.897 bits per heavy atom. The molecule has 0 atom stereocenters. The van der Waals surface area contributed by atoms with Gasteiger partial charge in [-0.3, -0.25) is 4.79 Å². The third-order valence-electron chi connectivity index (χ3n) is 7.24. The SMILES string of the molecule is CCCCCCCCCCCCCCCCOc1ccc(OCC(=O)NCCC2=CC=CN(CC)C2)cc1Cl. The van der Waals surface area contributed by atoms with Gasteiger partial charge >= 0.3 is 0 Å². The van der Waals surface area contributed by atoms with Crippen molar-refractivity contribution < 1.29 is 14.3 Å². The number of hydrogen-bond donors (Lipinski definition) is 1. The molecule has 1 heterocycles. The zero-order chi connectivity index (χ0) is 28.0. The van der Waals surface area contributed by atoms with Crippen molar-refractivity contribution in [3.8, 4) is 11.5 Å². The number of ether oxygens (including phenoxy) is 2. The van der Waals surface area contributed by atoms with Crippen LogP contribution in [-0.4, -0.2) is 43.7 Å². The molecule has 1 amide bonds. The highest BCUT2D eigenvalue weighted by molar-refractivity contribution is 6.32. The number of nitrogens with zero attached hydrogens (tertiary/aromatic N) is 1. The standard InChI is InChI=1S/C33H53ClN2O3/c1-3-5-6-7-8-9-10-11-12-13-14-15-16-17-25-38-32-21-20-30(26-31(32)34)39-28-33(37)35-23-22-29-19-18-24-36(4-2)27-29/h18-21,24,26H,3-17,22-23,25,27-28H2,1-2H3,(H,35,37). The lowest BCUT2D eigenvalue weighted by Crippen LogP contribution is -2.31. The molecule has 0 saturated carbocycles. The van der Waals surface area contributed by atoms with E-state index >= 15 is 0 Å². The van der Waals surface area contributed by atoms with Gasteiger partial charge in [0, 0.05) is 25.7 Å². The molecule has 1 N–H and O–H groups in total. The van der Waals surface area contributed by atoms with Crippen LogP contribution in [0.3, 0.4) is 0 Å². The summed E-state index contributed by atoms with van der Waals surface area (Å²) in [6.07, 6.45) is 25.9. The number of halogens is 1. The number of hydrogen-bond acceptors (Lipinski definition) is 4. The van der Waals surface area contributed by atoms with Crippen molar-refractivity contribution in [2.24, 2.45) is 0 Å². The summed E-state index contributed by atoms with van der Waals surface area (Å²) in [5.41, 5.74) is 1.32. The van der Waals surface area contributed by atoms with Gasteiger partial charge in [0.1, 0.15) is 11.5 Å². The molecule has 0 fully saturated rings. The van der Waals surface area contributed by atoms with Crippen LogP contribution in [0.1, 0.15) is 110 Å². The maximum atomic E-state index is 12.2. The van der Waals surface area contributed by atoms with Crippen LogP contribution in [0.2, 0.25) is 5.02 Å². The van der Waals surface area contributed by atoms with Crippen LogP contribution < -0.4 is 14.8 Å². The minimum atomic E-state index is -0.136. The predicted molar refractivity (Wildman–Crippen MR) is 165 cm³/mol. The molecule has 0 aromatic heterocycles. The summed E-state index contributed by atoms with van der Waals surface area (Å²) in [5.74, 6) is 1.10. The van der Waals surface area contributed by atoms with Gasteiger partial charge in [-0.2, -0.15) is 0 Å². The smallest absolute Gasteiger partial charge is 0.257 e. The van der Waals surface area contributed by atoms with Crippen LogP contribution in [0.15, 0.2) is 42.1 Å².